The third kappa shape index (κ3) is 4.33. The number of halogens is 2. The average molecular weight is 545 g/mol. The lowest BCUT2D eigenvalue weighted by Gasteiger charge is -2.32. The molecule has 166 valence electrons. The van der Waals surface area contributed by atoms with E-state index in [1.807, 2.05) is 17.5 Å². The van der Waals surface area contributed by atoms with Crippen LogP contribution in [0.4, 0.5) is 0 Å². The van der Waals surface area contributed by atoms with Crippen LogP contribution < -0.4 is 0 Å². The van der Waals surface area contributed by atoms with E-state index >= 15 is 0 Å². The average Bonchev–Trinajstić information content (AvgIpc) is 3.48. The van der Waals surface area contributed by atoms with Crippen molar-refractivity contribution in [3.05, 3.63) is 56.1 Å². The SMILES string of the molecule is O=C1CN(S(=O)(=O)c2cc3ccc(Cl)cc3s2)CCN1Cc1nc(-c2ccc(Cl)s2)cs1. The molecule has 0 atom stereocenters. The van der Waals surface area contributed by atoms with Crippen molar-refractivity contribution in [3.8, 4) is 10.6 Å². The second-order valence-electron chi connectivity index (χ2n) is 7.13. The lowest BCUT2D eigenvalue weighted by molar-refractivity contribution is -0.134. The van der Waals surface area contributed by atoms with Crippen LogP contribution in [0.3, 0.4) is 0 Å². The van der Waals surface area contributed by atoms with Crippen molar-refractivity contribution in [3.63, 3.8) is 0 Å². The normalized spacial score (nSPS) is 15.7. The molecule has 0 radical (unpaired) electrons. The van der Waals surface area contributed by atoms with Crippen LogP contribution in [-0.2, 0) is 21.4 Å². The first-order chi connectivity index (χ1) is 15.3. The van der Waals surface area contributed by atoms with E-state index < -0.39 is 10.0 Å². The molecule has 5 rings (SSSR count). The van der Waals surface area contributed by atoms with E-state index in [0.717, 1.165) is 37.0 Å². The molecule has 1 fully saturated rings. The summed E-state index contributed by atoms with van der Waals surface area (Å²) in [6.45, 7) is 0.727. The number of thiophene rings is 2. The van der Waals surface area contributed by atoms with Crippen molar-refractivity contribution < 1.29 is 13.2 Å². The van der Waals surface area contributed by atoms with E-state index in [-0.39, 0.29) is 23.2 Å². The number of aromatic nitrogens is 1. The Kier molecular flexibility index (Phi) is 6.04. The predicted octanol–water partition coefficient (Wildman–Crippen LogP) is 5.43. The Morgan fingerprint density at radius 1 is 1.06 bits per heavy atom. The summed E-state index contributed by atoms with van der Waals surface area (Å²) >= 11 is 16.1. The number of carbonyl (C=O) groups is 1. The number of hydrogen-bond acceptors (Lipinski definition) is 7. The fourth-order valence-corrected chi connectivity index (χ4v) is 8.50. The van der Waals surface area contributed by atoms with Crippen molar-refractivity contribution in [2.75, 3.05) is 19.6 Å². The zero-order chi connectivity index (χ0) is 22.5. The number of carbonyl (C=O) groups excluding carboxylic acids is 1. The van der Waals surface area contributed by atoms with Crippen LogP contribution in [0.5, 0.6) is 0 Å². The highest BCUT2D eigenvalue weighted by molar-refractivity contribution is 7.91. The van der Waals surface area contributed by atoms with Gasteiger partial charge in [-0.25, -0.2) is 13.4 Å². The number of rotatable bonds is 5. The molecule has 1 aliphatic rings. The molecule has 3 aromatic heterocycles. The Balaban J connectivity index is 1.28. The molecular weight excluding hydrogens is 529 g/mol. The van der Waals surface area contributed by atoms with Crippen molar-refractivity contribution in [2.45, 2.75) is 10.8 Å². The van der Waals surface area contributed by atoms with Crippen molar-refractivity contribution >= 4 is 83.2 Å². The van der Waals surface area contributed by atoms with Gasteiger partial charge in [0, 0.05) is 28.2 Å². The minimum atomic E-state index is -3.76. The summed E-state index contributed by atoms with van der Waals surface area (Å²) in [6, 6.07) is 10.7. The molecule has 0 unspecified atom stereocenters. The molecule has 0 bridgehead atoms. The lowest BCUT2D eigenvalue weighted by atomic mass is 10.3. The zero-order valence-electron chi connectivity index (χ0n) is 16.3. The Hall–Kier alpha value is -1.53. The van der Waals surface area contributed by atoms with Gasteiger partial charge in [0.1, 0.15) is 9.22 Å². The third-order valence-electron chi connectivity index (χ3n) is 5.04. The number of benzene rings is 1. The molecule has 6 nitrogen and oxygen atoms in total. The van der Waals surface area contributed by atoms with Crippen molar-refractivity contribution in [1.29, 1.82) is 0 Å². The predicted molar refractivity (Wildman–Crippen MR) is 131 cm³/mol. The minimum Gasteiger partial charge on any atom is -0.333 e. The molecule has 0 N–H and O–H groups in total. The Morgan fingerprint density at radius 3 is 2.66 bits per heavy atom. The second kappa shape index (κ2) is 8.68. The second-order valence-corrected chi connectivity index (χ2v) is 13.5. The van der Waals surface area contributed by atoms with Crippen LogP contribution >= 0.6 is 57.2 Å². The van der Waals surface area contributed by atoms with E-state index in [1.165, 1.54) is 27.0 Å². The van der Waals surface area contributed by atoms with E-state index in [9.17, 15) is 13.2 Å². The maximum Gasteiger partial charge on any atom is 0.253 e. The number of thiazole rings is 1. The van der Waals surface area contributed by atoms with Crippen molar-refractivity contribution in [1.82, 2.24) is 14.2 Å². The summed E-state index contributed by atoms with van der Waals surface area (Å²) in [5.41, 5.74) is 0.834. The number of nitrogens with zero attached hydrogens (tertiary/aromatic N) is 3. The molecule has 4 heterocycles. The topological polar surface area (TPSA) is 70.6 Å². The smallest absolute Gasteiger partial charge is 0.253 e. The monoisotopic (exact) mass is 543 g/mol. The maximum absolute atomic E-state index is 13.1. The number of hydrogen-bond donors (Lipinski definition) is 0. The van der Waals surface area contributed by atoms with Crippen LogP contribution in [-0.4, -0.2) is 48.1 Å². The van der Waals surface area contributed by atoms with E-state index in [4.69, 9.17) is 23.2 Å². The highest BCUT2D eigenvalue weighted by atomic mass is 35.5. The molecule has 4 aromatic rings. The number of amides is 1. The van der Waals surface area contributed by atoms with E-state index in [2.05, 4.69) is 4.98 Å². The molecule has 1 amide bonds. The van der Waals surface area contributed by atoms with Crippen molar-refractivity contribution in [2.24, 2.45) is 0 Å². The zero-order valence-corrected chi connectivity index (χ0v) is 21.1. The summed E-state index contributed by atoms with van der Waals surface area (Å²) in [4.78, 5) is 20.0. The first-order valence-electron chi connectivity index (χ1n) is 9.47. The molecule has 0 spiro atoms. The molecular formula is C20H15Cl2N3O3S4. The van der Waals surface area contributed by atoms with Gasteiger partial charge in [-0.15, -0.1) is 34.0 Å². The van der Waals surface area contributed by atoms with E-state index in [0.29, 0.717) is 22.4 Å². The van der Waals surface area contributed by atoms with Gasteiger partial charge in [-0.3, -0.25) is 4.79 Å². The van der Waals surface area contributed by atoms with Gasteiger partial charge in [-0.2, -0.15) is 4.31 Å². The number of piperazine rings is 1. The van der Waals surface area contributed by atoms with Gasteiger partial charge in [-0.1, -0.05) is 29.3 Å². The summed E-state index contributed by atoms with van der Waals surface area (Å²) in [5.74, 6) is -0.236. The highest BCUT2D eigenvalue weighted by Gasteiger charge is 2.34. The quantitative estimate of drug-likeness (QED) is 0.336. The van der Waals surface area contributed by atoms with Crippen LogP contribution in [0.25, 0.3) is 20.7 Å². The fourth-order valence-electron chi connectivity index (χ4n) is 3.41. The lowest BCUT2D eigenvalue weighted by Crippen LogP contribution is -2.51. The Labute approximate surface area is 206 Å². The summed E-state index contributed by atoms with van der Waals surface area (Å²) in [5, 5.41) is 4.11. The van der Waals surface area contributed by atoms with Gasteiger partial charge in [0.25, 0.3) is 10.0 Å². The Bertz CT molecular complexity index is 1430. The summed E-state index contributed by atoms with van der Waals surface area (Å²) < 4.78 is 29.2. The first kappa shape index (κ1) is 22.3. The van der Waals surface area contributed by atoms with Gasteiger partial charge < -0.3 is 4.90 Å². The molecule has 0 saturated carbocycles. The van der Waals surface area contributed by atoms with Crippen LogP contribution in [0, 0.1) is 0 Å². The van der Waals surface area contributed by atoms with Crippen LogP contribution in [0.1, 0.15) is 5.01 Å². The highest BCUT2D eigenvalue weighted by Crippen LogP contribution is 2.34. The van der Waals surface area contributed by atoms with Crippen LogP contribution in [0.15, 0.2) is 46.0 Å². The van der Waals surface area contributed by atoms with Gasteiger partial charge >= 0.3 is 0 Å². The molecule has 1 aromatic carbocycles. The van der Waals surface area contributed by atoms with Gasteiger partial charge in [-0.05, 0) is 35.7 Å². The standard InChI is InChI=1S/C20H15Cl2N3O3S4/c21-13-2-1-12-7-20(31-16(12)8-13)32(27,28)25-6-5-24(19(26)10-25)9-18-23-14(11-29-18)15-3-4-17(22)30-15/h1-4,7-8,11H,5-6,9-10H2. The van der Waals surface area contributed by atoms with E-state index in [1.54, 1.807) is 29.2 Å². The summed E-state index contributed by atoms with van der Waals surface area (Å²) in [7, 11) is -3.76. The van der Waals surface area contributed by atoms with Gasteiger partial charge in [0.2, 0.25) is 5.91 Å². The van der Waals surface area contributed by atoms with Gasteiger partial charge in [0.15, 0.2) is 0 Å². The minimum absolute atomic E-state index is 0.184. The molecule has 12 heteroatoms. The maximum atomic E-state index is 13.1. The van der Waals surface area contributed by atoms with Crippen LogP contribution in [0.2, 0.25) is 9.36 Å². The molecule has 32 heavy (non-hydrogen) atoms. The molecule has 1 saturated heterocycles. The summed E-state index contributed by atoms with van der Waals surface area (Å²) in [6.07, 6.45) is 0. The fraction of sp³-hybridized carbons (Fsp3) is 0.200. The third-order valence-corrected chi connectivity index (χ3v) is 10.8. The number of sulfonamides is 1. The molecule has 1 aliphatic heterocycles. The largest absolute Gasteiger partial charge is 0.333 e. The first-order valence-corrected chi connectivity index (χ1v) is 14.2. The molecule has 0 aliphatic carbocycles. The van der Waals surface area contributed by atoms with Gasteiger partial charge in [0.05, 0.1) is 28.0 Å². The Morgan fingerprint density at radius 2 is 1.91 bits per heavy atom. The number of fused-ring (bicyclic) bond motifs is 1.